The summed E-state index contributed by atoms with van der Waals surface area (Å²) in [6.07, 6.45) is 4.11. The van der Waals surface area contributed by atoms with E-state index in [9.17, 15) is 34.2 Å². The molecule has 52 heavy (non-hydrogen) atoms. The van der Waals surface area contributed by atoms with Gasteiger partial charge in [0.1, 0.15) is 17.3 Å². The lowest BCUT2D eigenvalue weighted by Crippen LogP contribution is -2.62. The van der Waals surface area contributed by atoms with Gasteiger partial charge in [0.15, 0.2) is 13.2 Å². The number of aliphatic hydroxyl groups is 2. The second-order valence-corrected chi connectivity index (χ2v) is 18.5. The largest absolute Gasteiger partial charge is 0.462 e. The summed E-state index contributed by atoms with van der Waals surface area (Å²) in [5, 5.41) is 23.7. The molecule has 12 nitrogen and oxygen atoms in total. The molecule has 0 amide bonds. The Balaban J connectivity index is 1.29. The van der Waals surface area contributed by atoms with E-state index in [0.29, 0.717) is 32.1 Å². The highest BCUT2D eigenvalue weighted by Crippen LogP contribution is 2.68. The Bertz CT molecular complexity index is 1310. The fourth-order valence-electron chi connectivity index (χ4n) is 10.4. The summed E-state index contributed by atoms with van der Waals surface area (Å²) in [7, 11) is 0. The highest BCUT2D eigenvalue weighted by molar-refractivity contribution is 5.80. The zero-order valence-corrected chi connectivity index (χ0v) is 32.9. The number of esters is 5. The van der Waals surface area contributed by atoms with Gasteiger partial charge in [0.05, 0.1) is 25.0 Å². The maximum Gasteiger partial charge on any atom is 0.344 e. The molecule has 2 N–H and O–H groups in total. The molecule has 0 aromatic carbocycles. The minimum Gasteiger partial charge on any atom is -0.462 e. The number of carbonyl (C=O) groups is 5. The van der Waals surface area contributed by atoms with Crippen molar-refractivity contribution in [3.8, 4) is 0 Å². The number of fused-ring (bicyclic) bond motifs is 5. The lowest BCUT2D eigenvalue weighted by atomic mass is 9.43. The van der Waals surface area contributed by atoms with Gasteiger partial charge in [-0.1, -0.05) is 20.8 Å². The smallest absolute Gasteiger partial charge is 0.344 e. The van der Waals surface area contributed by atoms with Crippen LogP contribution in [0.4, 0.5) is 0 Å². The third kappa shape index (κ3) is 10.1. The second-order valence-electron chi connectivity index (χ2n) is 18.5. The van der Waals surface area contributed by atoms with Crippen LogP contribution in [-0.4, -0.2) is 82.8 Å². The minimum atomic E-state index is -0.692. The first-order valence-corrected chi connectivity index (χ1v) is 19.3. The molecular formula is C40H64O12. The van der Waals surface area contributed by atoms with Gasteiger partial charge in [-0.25, -0.2) is 9.59 Å². The summed E-state index contributed by atoms with van der Waals surface area (Å²) in [5.74, 6) is -2.10. The van der Waals surface area contributed by atoms with Gasteiger partial charge >= 0.3 is 29.8 Å². The molecule has 0 bridgehead atoms. The molecule has 4 aliphatic rings. The summed E-state index contributed by atoms with van der Waals surface area (Å²) < 4.78 is 26.3. The van der Waals surface area contributed by atoms with E-state index in [1.54, 1.807) is 41.5 Å². The lowest BCUT2D eigenvalue weighted by Gasteiger charge is -2.63. The van der Waals surface area contributed by atoms with Crippen LogP contribution in [0.25, 0.3) is 0 Å². The number of rotatable bonds is 12. The number of hydrogen-bond donors (Lipinski definition) is 2. The Kier molecular flexibility index (Phi) is 13.2. The Morgan fingerprint density at radius 1 is 0.712 bits per heavy atom. The summed E-state index contributed by atoms with van der Waals surface area (Å²) in [5.41, 5.74) is -1.87. The zero-order chi connectivity index (χ0) is 38.8. The van der Waals surface area contributed by atoms with Gasteiger partial charge in [-0.3, -0.25) is 14.4 Å². The highest BCUT2D eigenvalue weighted by Gasteiger charge is 2.65. The van der Waals surface area contributed by atoms with Crippen molar-refractivity contribution in [2.45, 2.75) is 162 Å². The SMILES string of the molecule is CC(CCC(=O)OCC(=O)OC(C)(C)C)C1CCC2C3C(O)CC4CC(OC(=O)CCC(=O)OCC(=O)OC(C)(C)C)CCC4(C)C3CC(O)C12C. The molecule has 0 aromatic heterocycles. The Hall–Kier alpha value is -2.73. The molecule has 0 spiro atoms. The van der Waals surface area contributed by atoms with Crippen LogP contribution in [0.2, 0.25) is 0 Å². The van der Waals surface area contributed by atoms with Crippen molar-refractivity contribution in [3.05, 3.63) is 0 Å². The average Bonchev–Trinajstić information content (AvgIpc) is 3.38. The summed E-state index contributed by atoms with van der Waals surface area (Å²) in [6.45, 7) is 16.1. The van der Waals surface area contributed by atoms with Gasteiger partial charge in [0.25, 0.3) is 0 Å². The van der Waals surface area contributed by atoms with Crippen molar-refractivity contribution in [1.82, 2.24) is 0 Å². The Labute approximate surface area is 309 Å². The first-order valence-electron chi connectivity index (χ1n) is 19.3. The second kappa shape index (κ2) is 16.3. The quantitative estimate of drug-likeness (QED) is 0.192. The maximum atomic E-state index is 12.7. The van der Waals surface area contributed by atoms with Crippen LogP contribution in [0.15, 0.2) is 0 Å². The lowest BCUT2D eigenvalue weighted by molar-refractivity contribution is -0.209. The number of aliphatic hydroxyl groups excluding tert-OH is 2. The third-order valence-electron chi connectivity index (χ3n) is 12.7. The van der Waals surface area contributed by atoms with Crippen LogP contribution in [-0.2, 0) is 47.7 Å². The maximum absolute atomic E-state index is 12.7. The molecule has 4 aliphatic carbocycles. The highest BCUT2D eigenvalue weighted by atomic mass is 16.6. The number of carbonyl (C=O) groups excluding carboxylic acids is 5. The Morgan fingerprint density at radius 2 is 1.27 bits per heavy atom. The molecular weight excluding hydrogens is 672 g/mol. The fraction of sp³-hybridized carbons (Fsp3) is 0.875. The van der Waals surface area contributed by atoms with E-state index in [1.807, 2.05) is 0 Å². The predicted octanol–water partition coefficient (Wildman–Crippen LogP) is 5.47. The van der Waals surface area contributed by atoms with Gasteiger partial charge < -0.3 is 33.9 Å². The van der Waals surface area contributed by atoms with E-state index in [-0.39, 0.29) is 66.3 Å². The molecule has 11 unspecified atom stereocenters. The van der Waals surface area contributed by atoms with E-state index >= 15 is 0 Å². The molecule has 0 heterocycles. The number of hydrogen-bond acceptors (Lipinski definition) is 12. The van der Waals surface area contributed by atoms with Crippen molar-refractivity contribution in [1.29, 1.82) is 0 Å². The van der Waals surface area contributed by atoms with Crippen LogP contribution in [0.3, 0.4) is 0 Å². The molecule has 12 heteroatoms. The third-order valence-corrected chi connectivity index (χ3v) is 12.7. The molecule has 4 saturated carbocycles. The average molecular weight is 737 g/mol. The zero-order valence-electron chi connectivity index (χ0n) is 32.9. The standard InChI is InChI=1S/C40H64O12/c1-23(10-13-31(43)48-21-34(46)51-37(2,3)4)26-11-12-27-36-28(20-30(42)40(26,27)9)39(8)17-16-25(18-24(39)19-29(36)41)50-33(45)15-14-32(44)49-22-35(47)52-38(5,6)7/h23-30,36,41-42H,10-22H2,1-9H3. The van der Waals surface area contributed by atoms with E-state index in [0.717, 1.165) is 19.3 Å². The van der Waals surface area contributed by atoms with Crippen LogP contribution >= 0.6 is 0 Å². The summed E-state index contributed by atoms with van der Waals surface area (Å²) in [6, 6.07) is 0. The Morgan fingerprint density at radius 3 is 1.85 bits per heavy atom. The minimum absolute atomic E-state index is 0.0523. The molecule has 4 fully saturated rings. The van der Waals surface area contributed by atoms with E-state index in [4.69, 9.17) is 23.7 Å². The fourth-order valence-corrected chi connectivity index (χ4v) is 10.4. The molecule has 0 radical (unpaired) electrons. The van der Waals surface area contributed by atoms with Crippen LogP contribution in [0, 0.1) is 46.3 Å². The van der Waals surface area contributed by atoms with E-state index in [2.05, 4.69) is 20.8 Å². The molecule has 4 rings (SSSR count). The van der Waals surface area contributed by atoms with Gasteiger partial charge in [-0.15, -0.1) is 0 Å². The van der Waals surface area contributed by atoms with Gasteiger partial charge in [0, 0.05) is 6.42 Å². The summed E-state index contributed by atoms with van der Waals surface area (Å²) in [4.78, 5) is 61.1. The monoisotopic (exact) mass is 736 g/mol. The molecule has 0 aliphatic heterocycles. The van der Waals surface area contributed by atoms with Crippen molar-refractivity contribution in [2.24, 2.45) is 46.3 Å². The van der Waals surface area contributed by atoms with Gasteiger partial charge in [0.2, 0.25) is 0 Å². The van der Waals surface area contributed by atoms with Crippen LogP contribution < -0.4 is 0 Å². The van der Waals surface area contributed by atoms with E-state index in [1.165, 1.54) is 0 Å². The number of ether oxygens (including phenoxy) is 5. The molecule has 296 valence electrons. The van der Waals surface area contributed by atoms with Crippen LogP contribution in [0.5, 0.6) is 0 Å². The first kappa shape index (κ1) is 42.0. The predicted molar refractivity (Wildman–Crippen MR) is 189 cm³/mol. The molecule has 0 aromatic rings. The summed E-state index contributed by atoms with van der Waals surface area (Å²) >= 11 is 0. The van der Waals surface area contributed by atoms with Crippen LogP contribution in [0.1, 0.15) is 133 Å². The van der Waals surface area contributed by atoms with E-state index < -0.39 is 71.9 Å². The van der Waals surface area contributed by atoms with Crippen molar-refractivity contribution in [2.75, 3.05) is 13.2 Å². The van der Waals surface area contributed by atoms with Gasteiger partial charge in [-0.05, 0) is 139 Å². The van der Waals surface area contributed by atoms with Crippen molar-refractivity contribution in [3.63, 3.8) is 0 Å². The molecule has 0 saturated heterocycles. The normalized spacial score (nSPS) is 34.8. The van der Waals surface area contributed by atoms with Gasteiger partial charge in [-0.2, -0.15) is 0 Å². The molecule has 11 atom stereocenters. The topological polar surface area (TPSA) is 172 Å². The van der Waals surface area contributed by atoms with Crippen molar-refractivity contribution >= 4 is 29.8 Å². The van der Waals surface area contributed by atoms with Crippen molar-refractivity contribution < 1.29 is 57.9 Å². The first-order chi connectivity index (χ1) is 24.0.